The van der Waals surface area contributed by atoms with Crippen molar-refractivity contribution in [1.82, 2.24) is 10.3 Å². The first-order valence-electron chi connectivity index (χ1n) is 8.19. The number of pyridine rings is 1. The average molecular weight is 308 g/mol. The Kier molecular flexibility index (Phi) is 4.77. The molecule has 0 radical (unpaired) electrons. The largest absolute Gasteiger partial charge is 0.497 e. The van der Waals surface area contributed by atoms with Crippen LogP contribution in [0.5, 0.6) is 5.75 Å². The Bertz CT molecular complexity index is 707. The summed E-state index contributed by atoms with van der Waals surface area (Å²) in [5, 5.41) is 3.27. The monoisotopic (exact) mass is 308 g/mol. The predicted octanol–water partition coefficient (Wildman–Crippen LogP) is 3.81. The number of aromatic nitrogens is 1. The van der Waals surface area contributed by atoms with E-state index in [-0.39, 0.29) is 0 Å². The fraction of sp³-hybridized carbons (Fsp3) is 0.350. The third-order valence-corrected chi connectivity index (χ3v) is 4.63. The highest BCUT2D eigenvalue weighted by Crippen LogP contribution is 2.43. The van der Waals surface area contributed by atoms with E-state index in [0.717, 1.165) is 30.8 Å². The third-order valence-electron chi connectivity index (χ3n) is 4.63. The van der Waals surface area contributed by atoms with Crippen LogP contribution in [0.4, 0.5) is 0 Å². The van der Waals surface area contributed by atoms with Gasteiger partial charge in [0, 0.05) is 17.8 Å². The van der Waals surface area contributed by atoms with Gasteiger partial charge in [-0.1, -0.05) is 24.6 Å². The molecule has 0 aliphatic heterocycles. The summed E-state index contributed by atoms with van der Waals surface area (Å²) in [6.45, 7) is 3.26. The van der Waals surface area contributed by atoms with Crippen LogP contribution in [0, 0.1) is 0 Å². The normalized spacial score (nSPS) is 14.7. The minimum atomic E-state index is 0.303. The highest BCUT2D eigenvalue weighted by Gasteiger charge is 2.26. The lowest BCUT2D eigenvalue weighted by molar-refractivity contribution is 0.414. The first kappa shape index (κ1) is 15.8. The molecule has 0 bridgehead atoms. The van der Waals surface area contributed by atoms with Gasteiger partial charge < -0.3 is 10.1 Å². The van der Waals surface area contributed by atoms with Crippen LogP contribution in [-0.2, 0) is 6.42 Å². The molecule has 0 amide bonds. The van der Waals surface area contributed by atoms with Crippen molar-refractivity contribution in [2.45, 2.75) is 25.7 Å². The first-order valence-corrected chi connectivity index (χ1v) is 8.19. The number of methoxy groups -OCH3 is 1. The van der Waals surface area contributed by atoms with Gasteiger partial charge in [0.05, 0.1) is 7.11 Å². The molecular weight excluding hydrogens is 284 g/mol. The molecule has 0 unspecified atom stereocenters. The van der Waals surface area contributed by atoms with Crippen LogP contribution in [-0.4, -0.2) is 25.7 Å². The minimum Gasteiger partial charge on any atom is -0.497 e. The molecule has 1 aliphatic carbocycles. The van der Waals surface area contributed by atoms with Gasteiger partial charge in [0.15, 0.2) is 0 Å². The zero-order valence-electron chi connectivity index (χ0n) is 14.1. The van der Waals surface area contributed by atoms with E-state index in [1.807, 2.05) is 19.3 Å². The van der Waals surface area contributed by atoms with Crippen LogP contribution in [0.25, 0.3) is 5.57 Å². The molecule has 3 rings (SSSR count). The fourth-order valence-electron chi connectivity index (χ4n) is 3.44. The topological polar surface area (TPSA) is 34.2 Å². The maximum atomic E-state index is 5.39. The Labute approximate surface area is 138 Å². The van der Waals surface area contributed by atoms with Crippen molar-refractivity contribution in [2.75, 3.05) is 20.7 Å². The molecule has 1 aliphatic rings. The molecule has 0 fully saturated rings. The second kappa shape index (κ2) is 6.97. The number of nitrogens with zero attached hydrogens (tertiary/aromatic N) is 1. The summed E-state index contributed by atoms with van der Waals surface area (Å²) >= 11 is 0. The van der Waals surface area contributed by atoms with Crippen LogP contribution >= 0.6 is 0 Å². The molecule has 23 heavy (non-hydrogen) atoms. The number of fused-ring (bicyclic) bond motifs is 1. The highest BCUT2D eigenvalue weighted by atomic mass is 16.5. The number of benzene rings is 1. The maximum absolute atomic E-state index is 5.39. The van der Waals surface area contributed by atoms with E-state index in [1.165, 1.54) is 22.3 Å². The smallest absolute Gasteiger partial charge is 0.119 e. The van der Waals surface area contributed by atoms with Crippen molar-refractivity contribution in [3.8, 4) is 5.75 Å². The van der Waals surface area contributed by atoms with E-state index in [1.54, 1.807) is 7.11 Å². The summed E-state index contributed by atoms with van der Waals surface area (Å²) in [5.41, 5.74) is 6.81. The highest BCUT2D eigenvalue weighted by molar-refractivity contribution is 5.80. The van der Waals surface area contributed by atoms with Crippen molar-refractivity contribution in [3.05, 3.63) is 65.0 Å². The van der Waals surface area contributed by atoms with Crippen LogP contribution in [0.3, 0.4) is 0 Å². The molecule has 1 atom stereocenters. The SMILES string of the molecule is CNCCC1=C([C@@H](C)c2ccccn2)c2ccc(OC)cc2C1. The van der Waals surface area contributed by atoms with Crippen molar-refractivity contribution < 1.29 is 4.74 Å². The Balaban J connectivity index is 2.01. The van der Waals surface area contributed by atoms with Crippen molar-refractivity contribution in [3.63, 3.8) is 0 Å². The van der Waals surface area contributed by atoms with Gasteiger partial charge in [-0.3, -0.25) is 4.98 Å². The molecule has 0 spiro atoms. The van der Waals surface area contributed by atoms with Crippen molar-refractivity contribution in [1.29, 1.82) is 0 Å². The lowest BCUT2D eigenvalue weighted by atomic mass is 9.89. The third kappa shape index (κ3) is 3.15. The molecule has 1 aromatic carbocycles. The average Bonchev–Trinajstić information content (AvgIpc) is 2.97. The van der Waals surface area contributed by atoms with Gasteiger partial charge in [0.25, 0.3) is 0 Å². The quantitative estimate of drug-likeness (QED) is 0.881. The Morgan fingerprint density at radius 3 is 2.83 bits per heavy atom. The lowest BCUT2D eigenvalue weighted by Gasteiger charge is -2.17. The number of ether oxygens (including phenoxy) is 1. The number of nitrogens with one attached hydrogen (secondary N) is 1. The van der Waals surface area contributed by atoms with E-state index in [0.29, 0.717) is 5.92 Å². The first-order chi connectivity index (χ1) is 11.2. The second-order valence-electron chi connectivity index (χ2n) is 6.05. The molecule has 1 N–H and O–H groups in total. The number of rotatable bonds is 6. The maximum Gasteiger partial charge on any atom is 0.119 e. The summed E-state index contributed by atoms with van der Waals surface area (Å²) in [4.78, 5) is 4.57. The van der Waals surface area contributed by atoms with Gasteiger partial charge in [-0.2, -0.15) is 0 Å². The molecule has 2 aromatic rings. The van der Waals surface area contributed by atoms with Crippen LogP contribution < -0.4 is 10.1 Å². The Hall–Kier alpha value is -2.13. The van der Waals surface area contributed by atoms with Gasteiger partial charge in [-0.05, 0) is 67.4 Å². The van der Waals surface area contributed by atoms with Crippen molar-refractivity contribution in [2.24, 2.45) is 0 Å². The minimum absolute atomic E-state index is 0.303. The standard InChI is InChI=1S/C20H24N2O/c1-14(19-6-4-5-10-22-19)20-15(9-11-21-2)12-16-13-17(23-3)7-8-18(16)20/h4-8,10,13-14,21H,9,11-12H2,1-3H3/t14-/m0/s1. The van der Waals surface area contributed by atoms with E-state index in [4.69, 9.17) is 4.74 Å². The zero-order chi connectivity index (χ0) is 16.2. The molecular formula is C20H24N2O. The van der Waals surface area contributed by atoms with Gasteiger partial charge >= 0.3 is 0 Å². The summed E-state index contributed by atoms with van der Waals surface area (Å²) in [6.07, 6.45) is 3.96. The van der Waals surface area contributed by atoms with E-state index in [2.05, 4.69) is 47.6 Å². The van der Waals surface area contributed by atoms with E-state index >= 15 is 0 Å². The molecule has 1 aromatic heterocycles. The van der Waals surface area contributed by atoms with Gasteiger partial charge in [-0.15, -0.1) is 0 Å². The molecule has 0 saturated heterocycles. The number of allylic oxidation sites excluding steroid dienone is 1. The second-order valence-corrected chi connectivity index (χ2v) is 6.05. The van der Waals surface area contributed by atoms with Crippen molar-refractivity contribution >= 4 is 5.57 Å². The van der Waals surface area contributed by atoms with Gasteiger partial charge in [-0.25, -0.2) is 0 Å². The zero-order valence-corrected chi connectivity index (χ0v) is 14.1. The molecule has 0 saturated carbocycles. The fourth-order valence-corrected chi connectivity index (χ4v) is 3.44. The predicted molar refractivity (Wildman–Crippen MR) is 94.8 cm³/mol. The summed E-state index contributed by atoms with van der Waals surface area (Å²) < 4.78 is 5.39. The number of hydrogen-bond acceptors (Lipinski definition) is 3. The van der Waals surface area contributed by atoms with Gasteiger partial charge in [0.1, 0.15) is 5.75 Å². The van der Waals surface area contributed by atoms with Gasteiger partial charge in [0.2, 0.25) is 0 Å². The van der Waals surface area contributed by atoms with Crippen LogP contribution in [0.1, 0.15) is 36.1 Å². The summed E-state index contributed by atoms with van der Waals surface area (Å²) in [6, 6.07) is 12.6. The molecule has 1 heterocycles. The molecule has 3 nitrogen and oxygen atoms in total. The van der Waals surface area contributed by atoms with Crippen LogP contribution in [0.2, 0.25) is 0 Å². The Morgan fingerprint density at radius 2 is 2.13 bits per heavy atom. The molecule has 3 heteroatoms. The van der Waals surface area contributed by atoms with E-state index in [9.17, 15) is 0 Å². The molecule has 120 valence electrons. The summed E-state index contributed by atoms with van der Waals surface area (Å²) in [7, 11) is 3.73. The summed E-state index contributed by atoms with van der Waals surface area (Å²) in [5.74, 6) is 1.24. The number of hydrogen-bond donors (Lipinski definition) is 1. The Morgan fingerprint density at radius 1 is 1.26 bits per heavy atom. The van der Waals surface area contributed by atoms with Crippen LogP contribution in [0.15, 0.2) is 48.2 Å². The lowest BCUT2D eigenvalue weighted by Crippen LogP contribution is -2.09. The van der Waals surface area contributed by atoms with E-state index < -0.39 is 0 Å².